The smallest absolute Gasteiger partial charge is 0.244 e. The van der Waals surface area contributed by atoms with Crippen molar-refractivity contribution in [2.45, 2.75) is 33.3 Å². The molecule has 2 aromatic rings. The molecule has 6 nitrogen and oxygen atoms in total. The van der Waals surface area contributed by atoms with Gasteiger partial charge in [-0.1, -0.05) is 28.1 Å². The van der Waals surface area contributed by atoms with Crippen LogP contribution < -0.4 is 20.1 Å². The average molecular weight is 475 g/mol. The highest BCUT2D eigenvalue weighted by Crippen LogP contribution is 2.29. The van der Waals surface area contributed by atoms with Gasteiger partial charge in [0.15, 0.2) is 11.5 Å². The summed E-state index contributed by atoms with van der Waals surface area (Å²) < 4.78 is 11.9. The van der Waals surface area contributed by atoms with E-state index in [1.165, 1.54) is 6.08 Å². The zero-order chi connectivity index (χ0) is 22.1. The highest BCUT2D eigenvalue weighted by atomic mass is 79.9. The molecule has 0 saturated carbocycles. The van der Waals surface area contributed by atoms with E-state index in [9.17, 15) is 9.59 Å². The molecule has 2 N–H and O–H groups in total. The van der Waals surface area contributed by atoms with E-state index in [0.29, 0.717) is 11.5 Å². The molecule has 30 heavy (non-hydrogen) atoms. The van der Waals surface area contributed by atoms with Crippen molar-refractivity contribution in [3.63, 3.8) is 0 Å². The quantitative estimate of drug-likeness (QED) is 0.515. The van der Waals surface area contributed by atoms with Gasteiger partial charge in [-0.05, 0) is 62.2 Å². The normalized spacial score (nSPS) is 10.9. The summed E-state index contributed by atoms with van der Waals surface area (Å²) in [5.74, 6) is 0.820. The van der Waals surface area contributed by atoms with Gasteiger partial charge in [0.25, 0.3) is 0 Å². The molecule has 0 aliphatic heterocycles. The lowest BCUT2D eigenvalue weighted by Gasteiger charge is -2.13. The first-order valence-corrected chi connectivity index (χ1v) is 10.4. The molecule has 160 valence electrons. The van der Waals surface area contributed by atoms with Crippen LogP contribution in [0.3, 0.4) is 0 Å². The molecule has 0 fully saturated rings. The van der Waals surface area contributed by atoms with Crippen molar-refractivity contribution in [3.8, 4) is 11.5 Å². The van der Waals surface area contributed by atoms with Gasteiger partial charge >= 0.3 is 0 Å². The number of rotatable bonds is 9. The fourth-order valence-electron chi connectivity index (χ4n) is 2.61. The first kappa shape index (κ1) is 23.5. The number of carbonyl (C=O) groups is 2. The second-order valence-corrected chi connectivity index (χ2v) is 7.87. The van der Waals surface area contributed by atoms with E-state index >= 15 is 0 Å². The maximum atomic E-state index is 12.1. The molecule has 0 atom stereocenters. The Labute approximate surface area is 185 Å². The summed E-state index contributed by atoms with van der Waals surface area (Å²) in [5, 5.41) is 5.56. The third-order valence-corrected chi connectivity index (χ3v) is 4.60. The Balaban J connectivity index is 1.83. The summed E-state index contributed by atoms with van der Waals surface area (Å²) >= 11 is 3.39. The second-order valence-electron chi connectivity index (χ2n) is 6.96. The molecule has 2 amide bonds. The van der Waals surface area contributed by atoms with Gasteiger partial charge in [0.2, 0.25) is 11.8 Å². The Hall–Kier alpha value is -2.80. The Morgan fingerprint density at radius 1 is 1.13 bits per heavy atom. The van der Waals surface area contributed by atoms with Crippen molar-refractivity contribution in [2.75, 3.05) is 19.0 Å². The standard InChI is InChI=1S/C23H27BrN2O4/c1-15(2)30-20-9-6-17(13-21(20)29-4)7-10-22(27)25-12-11-23(28)26-19-14-18(24)8-5-16(19)3/h5-10,13-15H,11-12H2,1-4H3,(H,25,27)(H,26,28)/b10-7+. The van der Waals surface area contributed by atoms with Crippen LogP contribution in [-0.4, -0.2) is 31.6 Å². The minimum absolute atomic E-state index is 0.0376. The first-order valence-electron chi connectivity index (χ1n) is 9.65. The van der Waals surface area contributed by atoms with Gasteiger partial charge in [-0.15, -0.1) is 0 Å². The maximum absolute atomic E-state index is 12.1. The number of anilines is 1. The lowest BCUT2D eigenvalue weighted by Crippen LogP contribution is -2.26. The number of hydrogen-bond donors (Lipinski definition) is 2. The number of amides is 2. The zero-order valence-electron chi connectivity index (χ0n) is 17.6. The van der Waals surface area contributed by atoms with Crippen LogP contribution in [0, 0.1) is 6.92 Å². The molecule has 0 aliphatic carbocycles. The number of halogens is 1. The minimum atomic E-state index is -0.275. The molecule has 2 aromatic carbocycles. The number of methoxy groups -OCH3 is 1. The predicted molar refractivity (Wildman–Crippen MR) is 123 cm³/mol. The average Bonchev–Trinajstić information content (AvgIpc) is 2.69. The molecular weight excluding hydrogens is 448 g/mol. The van der Waals surface area contributed by atoms with Gasteiger partial charge in [0.05, 0.1) is 13.2 Å². The van der Waals surface area contributed by atoms with Crippen molar-refractivity contribution in [1.82, 2.24) is 5.32 Å². The van der Waals surface area contributed by atoms with Crippen molar-refractivity contribution in [3.05, 3.63) is 58.1 Å². The van der Waals surface area contributed by atoms with Crippen LogP contribution in [0.15, 0.2) is 46.9 Å². The third kappa shape index (κ3) is 7.55. The van der Waals surface area contributed by atoms with Crippen LogP contribution in [0.5, 0.6) is 11.5 Å². The lowest BCUT2D eigenvalue weighted by molar-refractivity contribution is -0.117. The van der Waals surface area contributed by atoms with Gasteiger partial charge in [0, 0.05) is 29.2 Å². The summed E-state index contributed by atoms with van der Waals surface area (Å²) in [6.45, 7) is 6.05. The predicted octanol–water partition coefficient (Wildman–Crippen LogP) is 4.71. The minimum Gasteiger partial charge on any atom is -0.493 e. The molecule has 2 rings (SSSR count). The van der Waals surface area contributed by atoms with Crippen molar-refractivity contribution >= 4 is 39.5 Å². The third-order valence-electron chi connectivity index (χ3n) is 4.10. The van der Waals surface area contributed by atoms with Crippen LogP contribution in [0.1, 0.15) is 31.4 Å². The van der Waals surface area contributed by atoms with E-state index in [4.69, 9.17) is 9.47 Å². The molecule has 0 radical (unpaired) electrons. The molecular formula is C23H27BrN2O4. The molecule has 0 heterocycles. The Bertz CT molecular complexity index is 925. The summed E-state index contributed by atoms with van der Waals surface area (Å²) in [4.78, 5) is 24.1. The fraction of sp³-hybridized carbons (Fsp3) is 0.304. The molecule has 0 bridgehead atoms. The van der Waals surface area contributed by atoms with Crippen molar-refractivity contribution in [1.29, 1.82) is 0 Å². The van der Waals surface area contributed by atoms with E-state index in [1.54, 1.807) is 19.3 Å². The van der Waals surface area contributed by atoms with E-state index in [-0.39, 0.29) is 30.9 Å². The van der Waals surface area contributed by atoms with Gasteiger partial charge < -0.3 is 20.1 Å². The summed E-state index contributed by atoms with van der Waals surface area (Å²) in [6, 6.07) is 11.1. The van der Waals surface area contributed by atoms with Gasteiger partial charge in [0.1, 0.15) is 0 Å². The van der Waals surface area contributed by atoms with Gasteiger partial charge in [-0.2, -0.15) is 0 Å². The monoisotopic (exact) mass is 474 g/mol. The molecule has 0 saturated heterocycles. The summed E-state index contributed by atoms with van der Waals surface area (Å²) in [6.07, 6.45) is 3.33. The van der Waals surface area contributed by atoms with Crippen LogP contribution in [0.25, 0.3) is 6.08 Å². The zero-order valence-corrected chi connectivity index (χ0v) is 19.2. The fourth-order valence-corrected chi connectivity index (χ4v) is 2.97. The van der Waals surface area contributed by atoms with Crippen molar-refractivity contribution < 1.29 is 19.1 Å². The Morgan fingerprint density at radius 3 is 2.60 bits per heavy atom. The molecule has 0 aliphatic rings. The SMILES string of the molecule is COc1cc(/C=C/C(=O)NCCC(=O)Nc2cc(Br)ccc2C)ccc1OC(C)C. The highest BCUT2D eigenvalue weighted by molar-refractivity contribution is 9.10. The van der Waals surface area contributed by atoms with Crippen molar-refractivity contribution in [2.24, 2.45) is 0 Å². The van der Waals surface area contributed by atoms with E-state index in [1.807, 2.05) is 51.1 Å². The maximum Gasteiger partial charge on any atom is 0.244 e. The van der Waals surface area contributed by atoms with Crippen LogP contribution >= 0.6 is 15.9 Å². The van der Waals surface area contributed by atoms with Crippen LogP contribution in [-0.2, 0) is 9.59 Å². The molecule has 0 unspecified atom stereocenters. The Kier molecular flexibility index (Phi) is 8.92. The largest absolute Gasteiger partial charge is 0.493 e. The number of ether oxygens (including phenoxy) is 2. The molecule has 0 aromatic heterocycles. The number of benzene rings is 2. The number of hydrogen-bond acceptors (Lipinski definition) is 4. The molecule has 0 spiro atoms. The number of nitrogens with one attached hydrogen (secondary N) is 2. The van der Waals surface area contributed by atoms with Gasteiger partial charge in [-0.3, -0.25) is 9.59 Å². The highest BCUT2D eigenvalue weighted by Gasteiger charge is 2.08. The first-order chi connectivity index (χ1) is 14.3. The van der Waals surface area contributed by atoms with Gasteiger partial charge in [-0.25, -0.2) is 0 Å². The number of carbonyl (C=O) groups excluding carboxylic acids is 2. The lowest BCUT2D eigenvalue weighted by atomic mass is 10.2. The topological polar surface area (TPSA) is 76.7 Å². The van der Waals surface area contributed by atoms with E-state index < -0.39 is 0 Å². The van der Waals surface area contributed by atoms with Crippen LogP contribution in [0.2, 0.25) is 0 Å². The second kappa shape index (κ2) is 11.4. The van der Waals surface area contributed by atoms with Crippen LogP contribution in [0.4, 0.5) is 5.69 Å². The Morgan fingerprint density at radius 2 is 1.90 bits per heavy atom. The summed E-state index contributed by atoms with van der Waals surface area (Å²) in [7, 11) is 1.57. The summed E-state index contributed by atoms with van der Waals surface area (Å²) in [5.41, 5.74) is 2.53. The number of aryl methyl sites for hydroxylation is 1. The van der Waals surface area contributed by atoms with E-state index in [2.05, 4.69) is 26.6 Å². The molecule has 7 heteroatoms. The van der Waals surface area contributed by atoms with E-state index in [0.717, 1.165) is 21.3 Å².